The minimum Gasteiger partial charge on any atom is -0.496 e. The number of benzene rings is 1. The molecule has 1 aliphatic rings. The first kappa shape index (κ1) is 11.0. The predicted molar refractivity (Wildman–Crippen MR) is 61.3 cm³/mol. The molecule has 1 aliphatic carbocycles. The van der Waals surface area contributed by atoms with E-state index in [-0.39, 0.29) is 0 Å². The van der Waals surface area contributed by atoms with Crippen LogP contribution in [-0.2, 0) is 12.8 Å². The fourth-order valence-electron chi connectivity index (χ4n) is 2.51. The average molecular weight is 220 g/mol. The molecule has 3 heteroatoms. The van der Waals surface area contributed by atoms with Crippen molar-refractivity contribution in [1.29, 1.82) is 0 Å². The molecule has 0 aliphatic heterocycles. The summed E-state index contributed by atoms with van der Waals surface area (Å²) in [4.78, 5) is 11.2. The van der Waals surface area contributed by atoms with E-state index in [0.717, 1.165) is 24.8 Å². The van der Waals surface area contributed by atoms with Crippen LogP contribution in [-0.4, -0.2) is 18.2 Å². The van der Waals surface area contributed by atoms with Crippen molar-refractivity contribution in [2.75, 3.05) is 7.11 Å². The molecule has 86 valence electrons. The van der Waals surface area contributed by atoms with E-state index in [1.54, 1.807) is 0 Å². The van der Waals surface area contributed by atoms with Gasteiger partial charge in [-0.2, -0.15) is 0 Å². The van der Waals surface area contributed by atoms with Crippen LogP contribution >= 0.6 is 0 Å². The number of aryl methyl sites for hydroxylation is 1. The Morgan fingerprint density at radius 2 is 2.06 bits per heavy atom. The number of rotatable bonds is 2. The summed E-state index contributed by atoms with van der Waals surface area (Å²) in [5.41, 5.74) is 3.67. The van der Waals surface area contributed by atoms with Gasteiger partial charge < -0.3 is 9.84 Å². The molecular formula is C13H16O3. The standard InChI is InChI=1S/C13H16O3/c1-8-10-6-4-3-5-9(10)7-11(16-2)12(8)13(14)15/h7H,3-6H2,1-2H3,(H,14,15). The third kappa shape index (κ3) is 1.66. The van der Waals surface area contributed by atoms with Gasteiger partial charge in [0, 0.05) is 0 Å². The first-order valence-corrected chi connectivity index (χ1v) is 5.57. The van der Waals surface area contributed by atoms with E-state index in [9.17, 15) is 9.90 Å². The Kier molecular flexibility index (Phi) is 2.86. The first-order valence-electron chi connectivity index (χ1n) is 5.57. The Bertz CT molecular complexity index is 435. The number of methoxy groups -OCH3 is 1. The molecule has 0 saturated carbocycles. The van der Waals surface area contributed by atoms with Crippen LogP contribution in [0.1, 0.15) is 39.9 Å². The molecule has 0 spiro atoms. The van der Waals surface area contributed by atoms with Gasteiger partial charge in [0.2, 0.25) is 0 Å². The van der Waals surface area contributed by atoms with Crippen LogP contribution in [0.2, 0.25) is 0 Å². The van der Waals surface area contributed by atoms with E-state index < -0.39 is 5.97 Å². The van der Waals surface area contributed by atoms with Gasteiger partial charge in [0.15, 0.2) is 0 Å². The van der Waals surface area contributed by atoms with Crippen molar-refractivity contribution in [3.63, 3.8) is 0 Å². The van der Waals surface area contributed by atoms with Gasteiger partial charge in [-0.3, -0.25) is 0 Å². The van der Waals surface area contributed by atoms with E-state index in [4.69, 9.17) is 4.74 Å². The molecule has 0 bridgehead atoms. The zero-order valence-electron chi connectivity index (χ0n) is 9.67. The van der Waals surface area contributed by atoms with Crippen LogP contribution in [0, 0.1) is 6.92 Å². The van der Waals surface area contributed by atoms with Gasteiger partial charge >= 0.3 is 5.97 Å². The van der Waals surface area contributed by atoms with Crippen molar-refractivity contribution in [3.05, 3.63) is 28.3 Å². The minimum atomic E-state index is -0.900. The third-order valence-corrected chi connectivity index (χ3v) is 3.32. The molecule has 3 nitrogen and oxygen atoms in total. The Hall–Kier alpha value is -1.51. The van der Waals surface area contributed by atoms with Gasteiger partial charge in [0.05, 0.1) is 7.11 Å². The van der Waals surface area contributed by atoms with Crippen molar-refractivity contribution >= 4 is 5.97 Å². The van der Waals surface area contributed by atoms with E-state index in [0.29, 0.717) is 11.3 Å². The van der Waals surface area contributed by atoms with Crippen molar-refractivity contribution in [2.45, 2.75) is 32.6 Å². The van der Waals surface area contributed by atoms with Crippen LogP contribution in [0.15, 0.2) is 6.07 Å². The molecule has 0 fully saturated rings. The maximum atomic E-state index is 11.2. The molecule has 0 unspecified atom stereocenters. The summed E-state index contributed by atoms with van der Waals surface area (Å²) in [6, 6.07) is 1.89. The lowest BCUT2D eigenvalue weighted by Gasteiger charge is -2.21. The van der Waals surface area contributed by atoms with Crippen molar-refractivity contribution in [2.24, 2.45) is 0 Å². The van der Waals surface area contributed by atoms with Crippen molar-refractivity contribution < 1.29 is 14.6 Å². The predicted octanol–water partition coefficient (Wildman–Crippen LogP) is 2.58. The molecule has 2 rings (SSSR count). The van der Waals surface area contributed by atoms with Gasteiger partial charge in [-0.1, -0.05) is 0 Å². The van der Waals surface area contributed by atoms with Crippen molar-refractivity contribution in [1.82, 2.24) is 0 Å². The minimum absolute atomic E-state index is 0.322. The van der Waals surface area contributed by atoms with Crippen LogP contribution in [0.5, 0.6) is 5.75 Å². The van der Waals surface area contributed by atoms with Gasteiger partial charge in [0.1, 0.15) is 11.3 Å². The highest BCUT2D eigenvalue weighted by Gasteiger charge is 2.21. The summed E-state index contributed by atoms with van der Waals surface area (Å²) in [7, 11) is 1.52. The highest BCUT2D eigenvalue weighted by molar-refractivity contribution is 5.93. The SMILES string of the molecule is COc1cc2c(c(C)c1C(=O)O)CCCC2. The highest BCUT2D eigenvalue weighted by Crippen LogP contribution is 2.32. The van der Waals surface area contributed by atoms with Gasteiger partial charge in [0.25, 0.3) is 0 Å². The maximum absolute atomic E-state index is 11.2. The Morgan fingerprint density at radius 1 is 1.38 bits per heavy atom. The van der Waals surface area contributed by atoms with Crippen LogP contribution < -0.4 is 4.74 Å². The molecule has 1 N–H and O–H groups in total. The van der Waals surface area contributed by atoms with Gasteiger partial charge in [-0.25, -0.2) is 4.79 Å². The van der Waals surface area contributed by atoms with E-state index >= 15 is 0 Å². The normalized spacial score (nSPS) is 14.4. The number of carboxylic acid groups (broad SMARTS) is 1. The number of carboxylic acids is 1. The third-order valence-electron chi connectivity index (χ3n) is 3.32. The number of fused-ring (bicyclic) bond motifs is 1. The molecule has 0 saturated heterocycles. The number of hydrogen-bond acceptors (Lipinski definition) is 2. The van der Waals surface area contributed by atoms with E-state index in [1.165, 1.54) is 24.7 Å². The second-order valence-corrected chi connectivity index (χ2v) is 4.23. The second-order valence-electron chi connectivity index (χ2n) is 4.23. The van der Waals surface area contributed by atoms with Crippen LogP contribution in [0.4, 0.5) is 0 Å². The fraction of sp³-hybridized carbons (Fsp3) is 0.462. The Morgan fingerprint density at radius 3 is 2.69 bits per heavy atom. The Balaban J connectivity index is 2.64. The van der Waals surface area contributed by atoms with Crippen LogP contribution in [0.3, 0.4) is 0 Å². The molecule has 1 aromatic rings. The molecule has 0 atom stereocenters. The molecule has 0 aromatic heterocycles. The lowest BCUT2D eigenvalue weighted by atomic mass is 9.86. The van der Waals surface area contributed by atoms with E-state index in [1.807, 2.05) is 13.0 Å². The van der Waals surface area contributed by atoms with E-state index in [2.05, 4.69) is 0 Å². The Labute approximate surface area is 95.0 Å². The highest BCUT2D eigenvalue weighted by atomic mass is 16.5. The zero-order valence-corrected chi connectivity index (χ0v) is 9.67. The number of carbonyl (C=O) groups is 1. The molecular weight excluding hydrogens is 204 g/mol. The summed E-state index contributed by atoms with van der Waals surface area (Å²) in [5, 5.41) is 9.20. The number of ether oxygens (including phenoxy) is 1. The molecule has 0 heterocycles. The molecule has 0 amide bonds. The first-order chi connectivity index (χ1) is 7.65. The largest absolute Gasteiger partial charge is 0.496 e. The lowest BCUT2D eigenvalue weighted by molar-refractivity contribution is 0.0692. The summed E-state index contributed by atoms with van der Waals surface area (Å²) in [5.74, 6) is -0.409. The monoisotopic (exact) mass is 220 g/mol. The van der Waals surface area contributed by atoms with Gasteiger partial charge in [-0.05, 0) is 55.4 Å². The van der Waals surface area contributed by atoms with Crippen LogP contribution in [0.25, 0.3) is 0 Å². The summed E-state index contributed by atoms with van der Waals surface area (Å²) in [6.45, 7) is 1.89. The quantitative estimate of drug-likeness (QED) is 0.833. The average Bonchev–Trinajstić information content (AvgIpc) is 2.28. The fourth-order valence-corrected chi connectivity index (χ4v) is 2.51. The number of aromatic carboxylic acids is 1. The molecule has 0 radical (unpaired) electrons. The molecule has 16 heavy (non-hydrogen) atoms. The smallest absolute Gasteiger partial charge is 0.339 e. The number of hydrogen-bond donors (Lipinski definition) is 1. The maximum Gasteiger partial charge on any atom is 0.339 e. The summed E-state index contributed by atoms with van der Waals surface area (Å²) >= 11 is 0. The second kappa shape index (κ2) is 4.16. The van der Waals surface area contributed by atoms with Crippen molar-refractivity contribution in [3.8, 4) is 5.75 Å². The summed E-state index contributed by atoms with van der Waals surface area (Å²) in [6.07, 6.45) is 4.36. The lowest BCUT2D eigenvalue weighted by Crippen LogP contribution is -2.11. The summed E-state index contributed by atoms with van der Waals surface area (Å²) < 4.78 is 5.17. The van der Waals surface area contributed by atoms with Gasteiger partial charge in [-0.15, -0.1) is 0 Å². The topological polar surface area (TPSA) is 46.5 Å². The zero-order chi connectivity index (χ0) is 11.7. The molecule has 1 aromatic carbocycles.